The van der Waals surface area contributed by atoms with E-state index in [-0.39, 0.29) is 5.92 Å². The monoisotopic (exact) mass is 195 g/mol. The molecular weight excluding hydrogens is 184 g/mol. The molecule has 0 aliphatic carbocycles. The Balaban J connectivity index is 3.19. The maximum absolute atomic E-state index is 5.94. The Hall–Kier alpha value is -0.950. The second kappa shape index (κ2) is 4.33. The quantitative estimate of drug-likeness (QED) is 0.672. The van der Waals surface area contributed by atoms with Crippen LogP contribution in [0, 0.1) is 6.92 Å². The van der Waals surface area contributed by atoms with Crippen molar-refractivity contribution in [3.8, 4) is 5.75 Å². The summed E-state index contributed by atoms with van der Waals surface area (Å²) >= 11 is 5.94. The van der Waals surface area contributed by atoms with Gasteiger partial charge in [-0.05, 0) is 13.0 Å². The van der Waals surface area contributed by atoms with Crippen LogP contribution in [0.25, 0.3) is 0 Å². The van der Waals surface area contributed by atoms with Gasteiger partial charge in [-0.25, -0.2) is 0 Å². The third-order valence-electron chi connectivity index (χ3n) is 1.89. The summed E-state index contributed by atoms with van der Waals surface area (Å²) in [5.41, 5.74) is 0.963. The van der Waals surface area contributed by atoms with Gasteiger partial charge >= 0.3 is 0 Å². The van der Waals surface area contributed by atoms with Crippen molar-refractivity contribution in [2.45, 2.75) is 5.92 Å². The van der Waals surface area contributed by atoms with E-state index >= 15 is 0 Å². The summed E-state index contributed by atoms with van der Waals surface area (Å²) in [5.74, 6) is 0.692. The zero-order valence-electron chi connectivity index (χ0n) is 7.59. The van der Waals surface area contributed by atoms with Crippen LogP contribution in [0.2, 0.25) is 5.02 Å². The molecular formula is C11H12ClO. The first-order valence-corrected chi connectivity index (χ1v) is 4.36. The summed E-state index contributed by atoms with van der Waals surface area (Å²) in [6.45, 7) is 7.60. The number of benzene rings is 1. The molecule has 1 rings (SSSR count). The third kappa shape index (κ3) is 2.04. The van der Waals surface area contributed by atoms with Crippen molar-refractivity contribution in [3.63, 3.8) is 0 Å². The molecule has 1 radical (unpaired) electrons. The highest BCUT2D eigenvalue weighted by molar-refractivity contribution is 6.32. The van der Waals surface area contributed by atoms with E-state index in [1.165, 1.54) is 0 Å². The van der Waals surface area contributed by atoms with E-state index in [1.807, 2.05) is 12.1 Å². The van der Waals surface area contributed by atoms with Crippen molar-refractivity contribution in [2.75, 3.05) is 7.11 Å². The first-order chi connectivity index (χ1) is 6.20. The van der Waals surface area contributed by atoms with E-state index in [4.69, 9.17) is 16.3 Å². The second-order valence-electron chi connectivity index (χ2n) is 2.70. The maximum Gasteiger partial charge on any atom is 0.141 e. The van der Waals surface area contributed by atoms with Crippen molar-refractivity contribution in [3.05, 3.63) is 48.4 Å². The number of halogens is 1. The number of allylic oxidation sites excluding steroid dienone is 1. The lowest BCUT2D eigenvalue weighted by Gasteiger charge is -2.12. The summed E-state index contributed by atoms with van der Waals surface area (Å²) in [5, 5.41) is 0.607. The number of hydrogen-bond donors (Lipinski definition) is 0. The van der Waals surface area contributed by atoms with E-state index in [0.717, 1.165) is 5.56 Å². The van der Waals surface area contributed by atoms with Gasteiger partial charge in [-0.1, -0.05) is 29.8 Å². The number of methoxy groups -OCH3 is 1. The summed E-state index contributed by atoms with van der Waals surface area (Å²) in [6.07, 6.45) is 1.76. The van der Waals surface area contributed by atoms with Gasteiger partial charge in [0.2, 0.25) is 0 Å². The normalized spacial score (nSPS) is 12.2. The molecule has 0 aliphatic rings. The Labute approximate surface area is 84.0 Å². The number of ether oxygens (including phenoxy) is 1. The average Bonchev–Trinajstić information content (AvgIpc) is 2.16. The van der Waals surface area contributed by atoms with Gasteiger partial charge in [-0.15, -0.1) is 6.58 Å². The predicted molar refractivity (Wildman–Crippen MR) is 56.3 cm³/mol. The standard InChI is InChI=1S/C11H12ClO/c1-4-8(2)9-6-5-7-10(12)11(9)13-3/h4-8H,1-2H2,3H3. The van der Waals surface area contributed by atoms with Crippen LogP contribution < -0.4 is 4.74 Å². The Morgan fingerprint density at radius 2 is 2.23 bits per heavy atom. The van der Waals surface area contributed by atoms with Crippen LogP contribution in [0.15, 0.2) is 30.9 Å². The van der Waals surface area contributed by atoms with Gasteiger partial charge in [0.1, 0.15) is 5.75 Å². The van der Waals surface area contributed by atoms with E-state index in [0.29, 0.717) is 10.8 Å². The fraction of sp³-hybridized carbons (Fsp3) is 0.182. The molecule has 2 heteroatoms. The number of rotatable bonds is 3. The molecule has 0 aliphatic heterocycles. The summed E-state index contributed by atoms with van der Waals surface area (Å²) in [4.78, 5) is 0. The van der Waals surface area contributed by atoms with E-state index in [1.54, 1.807) is 19.3 Å². The molecule has 0 fully saturated rings. The molecule has 0 saturated heterocycles. The molecule has 69 valence electrons. The van der Waals surface area contributed by atoms with Crippen molar-refractivity contribution < 1.29 is 4.74 Å². The molecule has 0 aromatic heterocycles. The smallest absolute Gasteiger partial charge is 0.141 e. The largest absolute Gasteiger partial charge is 0.495 e. The minimum atomic E-state index is 0.00801. The Morgan fingerprint density at radius 3 is 2.77 bits per heavy atom. The fourth-order valence-corrected chi connectivity index (χ4v) is 1.42. The molecule has 0 bridgehead atoms. The number of hydrogen-bond acceptors (Lipinski definition) is 1. The molecule has 1 nitrogen and oxygen atoms in total. The lowest BCUT2D eigenvalue weighted by molar-refractivity contribution is 0.410. The van der Waals surface area contributed by atoms with E-state index in [2.05, 4.69) is 13.5 Å². The fourth-order valence-electron chi connectivity index (χ4n) is 1.16. The van der Waals surface area contributed by atoms with Gasteiger partial charge in [0, 0.05) is 11.5 Å². The highest BCUT2D eigenvalue weighted by Crippen LogP contribution is 2.33. The van der Waals surface area contributed by atoms with Gasteiger partial charge in [-0.3, -0.25) is 0 Å². The van der Waals surface area contributed by atoms with Gasteiger partial charge < -0.3 is 4.74 Å². The van der Waals surface area contributed by atoms with Crippen LogP contribution in [0.5, 0.6) is 5.75 Å². The molecule has 0 N–H and O–H groups in total. The van der Waals surface area contributed by atoms with Gasteiger partial charge in [0.05, 0.1) is 12.1 Å². The summed E-state index contributed by atoms with van der Waals surface area (Å²) < 4.78 is 5.18. The maximum atomic E-state index is 5.94. The molecule has 1 aromatic rings. The van der Waals surface area contributed by atoms with Crippen LogP contribution in [0.3, 0.4) is 0 Å². The Morgan fingerprint density at radius 1 is 1.54 bits per heavy atom. The van der Waals surface area contributed by atoms with E-state index < -0.39 is 0 Å². The Kier molecular flexibility index (Phi) is 3.38. The van der Waals surface area contributed by atoms with Crippen molar-refractivity contribution in [1.29, 1.82) is 0 Å². The number of para-hydroxylation sites is 1. The van der Waals surface area contributed by atoms with Crippen molar-refractivity contribution in [1.82, 2.24) is 0 Å². The minimum Gasteiger partial charge on any atom is -0.495 e. The predicted octanol–water partition coefficient (Wildman–Crippen LogP) is 3.45. The third-order valence-corrected chi connectivity index (χ3v) is 2.18. The molecule has 1 aromatic carbocycles. The molecule has 0 heterocycles. The highest BCUT2D eigenvalue weighted by Gasteiger charge is 2.10. The van der Waals surface area contributed by atoms with Crippen molar-refractivity contribution in [2.24, 2.45) is 0 Å². The zero-order chi connectivity index (χ0) is 9.84. The summed E-state index contributed by atoms with van der Waals surface area (Å²) in [6, 6.07) is 5.60. The molecule has 13 heavy (non-hydrogen) atoms. The lowest BCUT2D eigenvalue weighted by Crippen LogP contribution is -1.95. The molecule has 0 amide bonds. The van der Waals surface area contributed by atoms with Crippen LogP contribution in [-0.4, -0.2) is 7.11 Å². The van der Waals surface area contributed by atoms with Crippen molar-refractivity contribution >= 4 is 11.6 Å². The molecule has 1 unspecified atom stereocenters. The SMILES string of the molecule is [CH2]C(C=C)c1cccc(Cl)c1OC. The van der Waals surface area contributed by atoms with Gasteiger partial charge in [0.15, 0.2) is 0 Å². The molecule has 0 spiro atoms. The lowest BCUT2D eigenvalue weighted by atomic mass is 10.0. The van der Waals surface area contributed by atoms with Crippen LogP contribution in [0.4, 0.5) is 0 Å². The summed E-state index contributed by atoms with van der Waals surface area (Å²) in [7, 11) is 1.60. The highest BCUT2D eigenvalue weighted by atomic mass is 35.5. The zero-order valence-corrected chi connectivity index (χ0v) is 8.34. The van der Waals surface area contributed by atoms with Crippen LogP contribution in [-0.2, 0) is 0 Å². The first kappa shape index (κ1) is 10.1. The average molecular weight is 196 g/mol. The minimum absolute atomic E-state index is 0.00801. The molecule has 0 saturated carbocycles. The van der Waals surface area contributed by atoms with Crippen LogP contribution >= 0.6 is 11.6 Å². The van der Waals surface area contributed by atoms with Gasteiger partial charge in [-0.2, -0.15) is 0 Å². The first-order valence-electron chi connectivity index (χ1n) is 3.98. The second-order valence-corrected chi connectivity index (χ2v) is 3.11. The molecule has 1 atom stereocenters. The van der Waals surface area contributed by atoms with E-state index in [9.17, 15) is 0 Å². The topological polar surface area (TPSA) is 9.23 Å². The van der Waals surface area contributed by atoms with Crippen LogP contribution in [0.1, 0.15) is 11.5 Å². The Bertz CT molecular complexity index is 307. The van der Waals surface area contributed by atoms with Gasteiger partial charge in [0.25, 0.3) is 0 Å².